The van der Waals surface area contributed by atoms with Gasteiger partial charge in [0.25, 0.3) is 0 Å². The first kappa shape index (κ1) is 13.8. The summed E-state index contributed by atoms with van der Waals surface area (Å²) in [6, 6.07) is 2.18. The molecule has 0 unspecified atom stereocenters. The van der Waals surface area contributed by atoms with Crippen molar-refractivity contribution in [3.8, 4) is 5.75 Å². The van der Waals surface area contributed by atoms with E-state index in [0.717, 1.165) is 31.6 Å². The van der Waals surface area contributed by atoms with Crippen LogP contribution in [0.2, 0.25) is 0 Å². The number of hydrogen-bond acceptors (Lipinski definition) is 1. The highest BCUT2D eigenvalue weighted by Gasteiger charge is 2.10. The molecule has 0 aliphatic rings. The predicted octanol–water partition coefficient (Wildman–Crippen LogP) is 4.52. The van der Waals surface area contributed by atoms with Gasteiger partial charge in [-0.3, -0.25) is 0 Å². The maximum Gasteiger partial charge on any atom is 0.122 e. The standard InChI is InChI=1S/C16H24O/c1-6-8-9-15-12(3)11-16(17-10-7-2)14(5)13(15)4/h6,11H,1,7-10H2,2-5H3. The molecule has 0 aliphatic heterocycles. The molecule has 94 valence electrons. The Balaban J connectivity index is 3.03. The summed E-state index contributed by atoms with van der Waals surface area (Å²) in [5, 5.41) is 0. The van der Waals surface area contributed by atoms with Crippen LogP contribution >= 0.6 is 0 Å². The number of rotatable bonds is 6. The molecule has 17 heavy (non-hydrogen) atoms. The molecule has 0 saturated carbocycles. The van der Waals surface area contributed by atoms with Crippen LogP contribution in [-0.2, 0) is 6.42 Å². The molecule has 0 heterocycles. The first-order chi connectivity index (χ1) is 8.11. The summed E-state index contributed by atoms with van der Waals surface area (Å²) in [5.74, 6) is 1.05. The second-order valence-corrected chi connectivity index (χ2v) is 4.60. The average molecular weight is 232 g/mol. The van der Waals surface area contributed by atoms with Crippen molar-refractivity contribution in [3.63, 3.8) is 0 Å². The second kappa shape index (κ2) is 6.48. The van der Waals surface area contributed by atoms with Crippen molar-refractivity contribution in [2.75, 3.05) is 6.61 Å². The summed E-state index contributed by atoms with van der Waals surface area (Å²) < 4.78 is 5.79. The molecular formula is C16H24O. The van der Waals surface area contributed by atoms with Crippen LogP contribution in [0.25, 0.3) is 0 Å². The maximum atomic E-state index is 5.79. The van der Waals surface area contributed by atoms with Gasteiger partial charge in [-0.1, -0.05) is 13.0 Å². The van der Waals surface area contributed by atoms with Crippen LogP contribution in [0.4, 0.5) is 0 Å². The van der Waals surface area contributed by atoms with E-state index in [4.69, 9.17) is 4.74 Å². The van der Waals surface area contributed by atoms with E-state index in [1.54, 1.807) is 0 Å². The fourth-order valence-corrected chi connectivity index (χ4v) is 2.09. The van der Waals surface area contributed by atoms with Gasteiger partial charge >= 0.3 is 0 Å². The highest BCUT2D eigenvalue weighted by atomic mass is 16.5. The smallest absolute Gasteiger partial charge is 0.122 e. The van der Waals surface area contributed by atoms with Crippen LogP contribution in [0.5, 0.6) is 5.75 Å². The normalized spacial score (nSPS) is 10.4. The molecule has 0 N–H and O–H groups in total. The molecule has 0 atom stereocenters. The van der Waals surface area contributed by atoms with Gasteiger partial charge < -0.3 is 4.74 Å². The van der Waals surface area contributed by atoms with Crippen LogP contribution in [0.3, 0.4) is 0 Å². The van der Waals surface area contributed by atoms with Crippen molar-refractivity contribution < 1.29 is 4.74 Å². The van der Waals surface area contributed by atoms with Gasteiger partial charge in [-0.15, -0.1) is 6.58 Å². The highest BCUT2D eigenvalue weighted by molar-refractivity contribution is 5.48. The number of allylic oxidation sites excluding steroid dienone is 1. The Morgan fingerprint density at radius 1 is 1.24 bits per heavy atom. The summed E-state index contributed by atoms with van der Waals surface area (Å²) in [4.78, 5) is 0. The van der Waals surface area contributed by atoms with Crippen LogP contribution in [0.1, 0.15) is 42.0 Å². The zero-order valence-electron chi connectivity index (χ0n) is 11.6. The monoisotopic (exact) mass is 232 g/mol. The summed E-state index contributed by atoms with van der Waals surface area (Å²) >= 11 is 0. The second-order valence-electron chi connectivity index (χ2n) is 4.60. The lowest BCUT2D eigenvalue weighted by molar-refractivity contribution is 0.315. The number of aryl methyl sites for hydroxylation is 1. The van der Waals surface area contributed by atoms with Gasteiger partial charge in [0.1, 0.15) is 5.75 Å². The lowest BCUT2D eigenvalue weighted by atomic mass is 9.94. The Labute approximate surface area is 106 Å². The van der Waals surface area contributed by atoms with Crippen LogP contribution < -0.4 is 4.74 Å². The van der Waals surface area contributed by atoms with Gasteiger partial charge in [0.2, 0.25) is 0 Å². The third kappa shape index (κ3) is 3.36. The molecule has 1 rings (SSSR count). The highest BCUT2D eigenvalue weighted by Crippen LogP contribution is 2.28. The van der Waals surface area contributed by atoms with E-state index in [-0.39, 0.29) is 0 Å². The summed E-state index contributed by atoms with van der Waals surface area (Å²) in [5.41, 5.74) is 5.44. The minimum atomic E-state index is 0.797. The molecule has 0 fully saturated rings. The first-order valence-electron chi connectivity index (χ1n) is 6.45. The third-order valence-electron chi connectivity index (χ3n) is 3.27. The third-order valence-corrected chi connectivity index (χ3v) is 3.27. The fraction of sp³-hybridized carbons (Fsp3) is 0.500. The predicted molar refractivity (Wildman–Crippen MR) is 75.0 cm³/mol. The zero-order valence-corrected chi connectivity index (χ0v) is 11.6. The minimum absolute atomic E-state index is 0.797. The van der Waals surface area contributed by atoms with E-state index in [1.165, 1.54) is 22.3 Å². The van der Waals surface area contributed by atoms with Crippen LogP contribution in [0.15, 0.2) is 18.7 Å². The summed E-state index contributed by atoms with van der Waals surface area (Å²) in [6.07, 6.45) is 5.15. The Morgan fingerprint density at radius 2 is 1.94 bits per heavy atom. The first-order valence-corrected chi connectivity index (χ1v) is 6.45. The minimum Gasteiger partial charge on any atom is -0.493 e. The van der Waals surface area contributed by atoms with Crippen molar-refractivity contribution in [2.45, 2.75) is 47.0 Å². The number of hydrogen-bond donors (Lipinski definition) is 0. The van der Waals surface area contributed by atoms with E-state index in [9.17, 15) is 0 Å². The molecule has 0 radical (unpaired) electrons. The van der Waals surface area contributed by atoms with Gasteiger partial charge in [-0.25, -0.2) is 0 Å². The van der Waals surface area contributed by atoms with Crippen LogP contribution in [-0.4, -0.2) is 6.61 Å². The topological polar surface area (TPSA) is 9.23 Å². The molecule has 1 heteroatoms. The van der Waals surface area contributed by atoms with E-state index in [1.807, 2.05) is 6.08 Å². The van der Waals surface area contributed by atoms with Gasteiger partial charge in [-0.2, -0.15) is 0 Å². The molecule has 0 aromatic heterocycles. The Bertz CT molecular complexity index is 391. The largest absolute Gasteiger partial charge is 0.493 e. The van der Waals surface area contributed by atoms with Crippen molar-refractivity contribution in [1.29, 1.82) is 0 Å². The van der Waals surface area contributed by atoms with Crippen molar-refractivity contribution >= 4 is 0 Å². The lowest BCUT2D eigenvalue weighted by Gasteiger charge is -2.16. The molecule has 1 aromatic rings. The van der Waals surface area contributed by atoms with Crippen LogP contribution in [0, 0.1) is 20.8 Å². The van der Waals surface area contributed by atoms with E-state index in [0.29, 0.717) is 0 Å². The Hall–Kier alpha value is -1.24. The van der Waals surface area contributed by atoms with E-state index in [2.05, 4.69) is 40.3 Å². The van der Waals surface area contributed by atoms with Crippen molar-refractivity contribution in [2.24, 2.45) is 0 Å². The maximum absolute atomic E-state index is 5.79. The molecule has 0 aliphatic carbocycles. The number of benzene rings is 1. The SMILES string of the molecule is C=CCCc1c(C)cc(OCCC)c(C)c1C. The quantitative estimate of drug-likeness (QED) is 0.655. The van der Waals surface area contributed by atoms with Gasteiger partial charge in [0, 0.05) is 0 Å². The molecule has 0 amide bonds. The number of ether oxygens (including phenoxy) is 1. The molecule has 0 bridgehead atoms. The Morgan fingerprint density at radius 3 is 2.53 bits per heavy atom. The molecule has 1 aromatic carbocycles. The van der Waals surface area contributed by atoms with E-state index >= 15 is 0 Å². The van der Waals surface area contributed by atoms with Gasteiger partial charge in [0.05, 0.1) is 6.61 Å². The molecule has 0 saturated heterocycles. The fourth-order valence-electron chi connectivity index (χ4n) is 2.09. The van der Waals surface area contributed by atoms with Gasteiger partial charge in [-0.05, 0) is 68.4 Å². The zero-order chi connectivity index (χ0) is 12.8. The van der Waals surface area contributed by atoms with Crippen molar-refractivity contribution in [1.82, 2.24) is 0 Å². The Kier molecular flexibility index (Phi) is 5.27. The summed E-state index contributed by atoms with van der Waals surface area (Å²) in [7, 11) is 0. The lowest BCUT2D eigenvalue weighted by Crippen LogP contribution is -2.02. The molecule has 1 nitrogen and oxygen atoms in total. The van der Waals surface area contributed by atoms with E-state index < -0.39 is 0 Å². The average Bonchev–Trinajstić information content (AvgIpc) is 2.32. The van der Waals surface area contributed by atoms with Gasteiger partial charge in [0.15, 0.2) is 0 Å². The summed E-state index contributed by atoms with van der Waals surface area (Å²) in [6.45, 7) is 13.2. The molecule has 0 spiro atoms. The molecular weight excluding hydrogens is 208 g/mol. The van der Waals surface area contributed by atoms with Crippen molar-refractivity contribution in [3.05, 3.63) is 41.0 Å².